The van der Waals surface area contributed by atoms with Gasteiger partial charge in [-0.15, -0.1) is 11.3 Å². The smallest absolute Gasteiger partial charge is 0.128 e. The Hall–Kier alpha value is -2.92. The molecular weight excluding hydrogens is 340 g/mol. The van der Waals surface area contributed by atoms with Crippen molar-refractivity contribution in [3.63, 3.8) is 0 Å². The lowest BCUT2D eigenvalue weighted by molar-refractivity contribution is 0.790. The van der Waals surface area contributed by atoms with Crippen molar-refractivity contribution >= 4 is 33.1 Å². The van der Waals surface area contributed by atoms with E-state index in [-0.39, 0.29) is 0 Å². The van der Waals surface area contributed by atoms with Gasteiger partial charge >= 0.3 is 0 Å². The number of nitrogens with one attached hydrogen (secondary N) is 1. The summed E-state index contributed by atoms with van der Waals surface area (Å²) in [7, 11) is 0. The fraction of sp³-hybridized carbons (Fsp3) is 0.143. The van der Waals surface area contributed by atoms with Gasteiger partial charge in [0.2, 0.25) is 0 Å². The van der Waals surface area contributed by atoms with E-state index >= 15 is 0 Å². The zero-order chi connectivity index (χ0) is 17.6. The van der Waals surface area contributed by atoms with Gasteiger partial charge in [-0.2, -0.15) is 0 Å². The number of nitrogens with zero attached hydrogens (tertiary/aromatic N) is 3. The largest absolute Gasteiger partial charge is 0.382 e. The second kappa shape index (κ2) is 7.97. The number of rotatable bonds is 7. The first-order valence-electron chi connectivity index (χ1n) is 8.66. The predicted octanol–water partition coefficient (Wildman–Crippen LogP) is 4.81. The van der Waals surface area contributed by atoms with E-state index in [1.54, 1.807) is 11.3 Å². The van der Waals surface area contributed by atoms with E-state index in [0.717, 1.165) is 36.7 Å². The number of benzene rings is 1. The molecule has 0 amide bonds. The first-order valence-corrected chi connectivity index (χ1v) is 9.54. The van der Waals surface area contributed by atoms with Gasteiger partial charge in [0.05, 0.1) is 15.9 Å². The van der Waals surface area contributed by atoms with E-state index in [4.69, 9.17) is 0 Å². The van der Waals surface area contributed by atoms with Crippen molar-refractivity contribution in [2.24, 2.45) is 0 Å². The molecule has 130 valence electrons. The quantitative estimate of drug-likeness (QED) is 0.513. The van der Waals surface area contributed by atoms with E-state index in [0.29, 0.717) is 0 Å². The molecule has 0 bridgehead atoms. The highest BCUT2D eigenvalue weighted by Gasteiger charge is 2.09. The summed E-state index contributed by atoms with van der Waals surface area (Å²) < 4.78 is 1.21. The lowest BCUT2D eigenvalue weighted by Gasteiger charge is -2.24. The molecule has 0 aliphatic heterocycles. The number of anilines is 2. The third-order valence-corrected chi connectivity index (χ3v) is 5.17. The summed E-state index contributed by atoms with van der Waals surface area (Å²) in [5.41, 5.74) is 3.47. The van der Waals surface area contributed by atoms with Crippen LogP contribution < -0.4 is 10.2 Å². The summed E-state index contributed by atoms with van der Waals surface area (Å²) in [6.07, 6.45) is 3.71. The Bertz CT molecular complexity index is 953. The molecule has 4 rings (SSSR count). The molecule has 0 saturated carbocycles. The maximum atomic E-state index is 4.53. The first-order chi connectivity index (χ1) is 12.9. The lowest BCUT2D eigenvalue weighted by atomic mass is 10.2. The fourth-order valence-corrected chi connectivity index (χ4v) is 3.80. The van der Waals surface area contributed by atoms with Crippen molar-refractivity contribution in [1.29, 1.82) is 0 Å². The molecule has 0 radical (unpaired) electrons. The minimum absolute atomic E-state index is 0.834. The van der Waals surface area contributed by atoms with Crippen molar-refractivity contribution in [3.8, 4) is 0 Å². The summed E-state index contributed by atoms with van der Waals surface area (Å²) >= 11 is 1.72. The molecule has 1 N–H and O–H groups in total. The molecule has 4 nitrogen and oxygen atoms in total. The predicted molar refractivity (Wildman–Crippen MR) is 110 cm³/mol. The molecule has 0 fully saturated rings. The zero-order valence-electron chi connectivity index (χ0n) is 14.4. The van der Waals surface area contributed by atoms with Crippen LogP contribution in [0.25, 0.3) is 10.2 Å². The Labute approximate surface area is 157 Å². The van der Waals surface area contributed by atoms with Crippen LogP contribution in [0.2, 0.25) is 0 Å². The summed E-state index contributed by atoms with van der Waals surface area (Å²) in [5.74, 6) is 0.995. The first kappa shape index (κ1) is 16.5. The van der Waals surface area contributed by atoms with Gasteiger partial charge in [0.15, 0.2) is 0 Å². The highest BCUT2D eigenvalue weighted by atomic mass is 32.1. The Morgan fingerprint density at radius 2 is 1.77 bits per heavy atom. The molecule has 0 unspecified atom stereocenters. The van der Waals surface area contributed by atoms with Crippen LogP contribution >= 0.6 is 11.3 Å². The fourth-order valence-electron chi connectivity index (χ4n) is 2.96. The molecule has 5 heteroatoms. The summed E-state index contributed by atoms with van der Waals surface area (Å²) in [5, 5.41) is 5.64. The van der Waals surface area contributed by atoms with Crippen LogP contribution in [0.3, 0.4) is 0 Å². The molecule has 0 aliphatic carbocycles. The standard InChI is InChI=1S/C21H20N4S/c1-2-6-17(7-3-1)16-25(20-8-4-5-11-24-20)14-13-23-18-9-12-22-19-10-15-26-21(18)19/h1-12,15H,13-14,16H2,(H,22,23). The maximum absolute atomic E-state index is 4.53. The number of pyridine rings is 2. The van der Waals surface area contributed by atoms with Crippen LogP contribution in [0.4, 0.5) is 11.5 Å². The van der Waals surface area contributed by atoms with Gasteiger partial charge in [-0.25, -0.2) is 4.98 Å². The number of hydrogen-bond acceptors (Lipinski definition) is 5. The van der Waals surface area contributed by atoms with E-state index in [9.17, 15) is 0 Å². The van der Waals surface area contributed by atoms with Crippen LogP contribution in [0, 0.1) is 0 Å². The van der Waals surface area contributed by atoms with Crippen LogP contribution in [0.15, 0.2) is 78.4 Å². The topological polar surface area (TPSA) is 41.0 Å². The minimum Gasteiger partial charge on any atom is -0.382 e. The van der Waals surface area contributed by atoms with Crippen LogP contribution in [0.5, 0.6) is 0 Å². The summed E-state index contributed by atoms with van der Waals surface area (Å²) in [4.78, 5) is 11.2. The van der Waals surface area contributed by atoms with Crippen molar-refractivity contribution in [1.82, 2.24) is 9.97 Å². The molecule has 0 spiro atoms. The molecular formula is C21H20N4S. The average molecular weight is 360 g/mol. The highest BCUT2D eigenvalue weighted by Crippen LogP contribution is 2.26. The summed E-state index contributed by atoms with van der Waals surface area (Å²) in [6, 6.07) is 20.7. The number of thiophene rings is 1. The monoisotopic (exact) mass is 360 g/mol. The number of hydrogen-bond donors (Lipinski definition) is 1. The summed E-state index contributed by atoms with van der Waals surface area (Å²) in [6.45, 7) is 2.53. The van der Waals surface area contributed by atoms with Gasteiger partial charge < -0.3 is 10.2 Å². The Morgan fingerprint density at radius 3 is 2.62 bits per heavy atom. The lowest BCUT2D eigenvalue weighted by Crippen LogP contribution is -2.29. The Morgan fingerprint density at radius 1 is 0.885 bits per heavy atom. The molecule has 0 saturated heterocycles. The number of aromatic nitrogens is 2. The van der Waals surface area contributed by atoms with Gasteiger partial charge in [-0.3, -0.25) is 4.98 Å². The van der Waals surface area contributed by atoms with Crippen molar-refractivity contribution in [3.05, 3.63) is 84.0 Å². The Balaban J connectivity index is 1.47. The Kier molecular flexibility index (Phi) is 5.07. The minimum atomic E-state index is 0.834. The molecule has 0 atom stereocenters. The normalized spacial score (nSPS) is 10.8. The average Bonchev–Trinajstić information content (AvgIpc) is 3.18. The molecule has 3 aromatic heterocycles. The van der Waals surface area contributed by atoms with Crippen LogP contribution in [-0.2, 0) is 6.54 Å². The highest BCUT2D eigenvalue weighted by molar-refractivity contribution is 7.17. The third-order valence-electron chi connectivity index (χ3n) is 4.23. The van der Waals surface area contributed by atoms with E-state index < -0.39 is 0 Å². The molecule has 4 aromatic rings. The third kappa shape index (κ3) is 3.83. The van der Waals surface area contributed by atoms with Gasteiger partial charge in [-0.05, 0) is 35.2 Å². The van der Waals surface area contributed by atoms with E-state index in [1.807, 2.05) is 36.7 Å². The van der Waals surface area contributed by atoms with Crippen molar-refractivity contribution < 1.29 is 0 Å². The molecule has 26 heavy (non-hydrogen) atoms. The van der Waals surface area contributed by atoms with Crippen molar-refractivity contribution in [2.75, 3.05) is 23.3 Å². The number of fused-ring (bicyclic) bond motifs is 1. The van der Waals surface area contributed by atoms with E-state index in [1.165, 1.54) is 10.3 Å². The maximum Gasteiger partial charge on any atom is 0.128 e. The van der Waals surface area contributed by atoms with Crippen LogP contribution in [0.1, 0.15) is 5.56 Å². The molecule has 0 aliphatic rings. The molecule has 3 heterocycles. The van der Waals surface area contributed by atoms with Crippen LogP contribution in [-0.4, -0.2) is 23.1 Å². The molecule has 1 aromatic carbocycles. The van der Waals surface area contributed by atoms with Gasteiger partial charge in [-0.1, -0.05) is 36.4 Å². The SMILES string of the molecule is c1ccc(CN(CCNc2ccnc3ccsc23)c2ccccn2)cc1. The van der Waals surface area contributed by atoms with Gasteiger partial charge in [0.1, 0.15) is 5.82 Å². The second-order valence-corrected chi connectivity index (χ2v) is 6.93. The van der Waals surface area contributed by atoms with Gasteiger partial charge in [0.25, 0.3) is 0 Å². The van der Waals surface area contributed by atoms with Crippen molar-refractivity contribution in [2.45, 2.75) is 6.54 Å². The van der Waals surface area contributed by atoms with E-state index in [2.05, 4.69) is 62.0 Å². The second-order valence-electron chi connectivity index (χ2n) is 6.02. The zero-order valence-corrected chi connectivity index (χ0v) is 15.2. The van der Waals surface area contributed by atoms with Gasteiger partial charge in [0, 0.05) is 32.0 Å².